The third-order valence-corrected chi connectivity index (χ3v) is 5.76. The summed E-state index contributed by atoms with van der Waals surface area (Å²) in [6.07, 6.45) is 11.6. The molecule has 1 aliphatic rings. The Bertz CT molecular complexity index is 462. The van der Waals surface area contributed by atoms with E-state index in [2.05, 4.69) is 13.8 Å². The van der Waals surface area contributed by atoms with E-state index in [4.69, 9.17) is 18.9 Å². The fraction of sp³-hybridized carbons (Fsp3) is 0.960. The Kier molecular flexibility index (Phi) is 17.1. The average molecular weight is 460 g/mol. The van der Waals surface area contributed by atoms with E-state index in [0.717, 1.165) is 25.7 Å². The normalized spacial score (nSPS) is 23.2. The molecule has 0 unspecified atom stereocenters. The topological polar surface area (TPSA) is 77.5 Å². The molecule has 0 amide bonds. The van der Waals surface area contributed by atoms with E-state index < -0.39 is 24.6 Å². The van der Waals surface area contributed by atoms with Gasteiger partial charge in [-0.05, 0) is 26.9 Å². The van der Waals surface area contributed by atoms with Crippen LogP contribution in [0, 0.1) is 0 Å². The number of aliphatic hydroxyl groups is 1. The lowest BCUT2D eigenvalue weighted by atomic mass is 10.1. The van der Waals surface area contributed by atoms with Gasteiger partial charge in [0.2, 0.25) is 0 Å². The first kappa shape index (κ1) is 29.3. The summed E-state index contributed by atoms with van der Waals surface area (Å²) in [4.78, 5) is 13.7. The lowest BCUT2D eigenvalue weighted by Gasteiger charge is -2.24. The van der Waals surface area contributed by atoms with Gasteiger partial charge in [-0.15, -0.1) is 0 Å². The monoisotopic (exact) mass is 459 g/mol. The third-order valence-electron chi connectivity index (χ3n) is 5.76. The van der Waals surface area contributed by atoms with E-state index in [1.807, 2.05) is 14.1 Å². The summed E-state index contributed by atoms with van der Waals surface area (Å²) >= 11 is 0. The fourth-order valence-electron chi connectivity index (χ4n) is 3.90. The predicted molar refractivity (Wildman–Crippen MR) is 127 cm³/mol. The number of hydrogen-bond donors (Lipinski definition) is 1. The van der Waals surface area contributed by atoms with Gasteiger partial charge in [-0.25, -0.2) is 0 Å². The van der Waals surface area contributed by atoms with Crippen molar-refractivity contribution >= 4 is 5.97 Å². The number of nitrogens with zero attached hydrogens (tertiary/aromatic N) is 1. The molecule has 1 N–H and O–H groups in total. The van der Waals surface area contributed by atoms with Crippen LogP contribution in [-0.4, -0.2) is 81.0 Å². The van der Waals surface area contributed by atoms with Crippen molar-refractivity contribution in [2.24, 2.45) is 0 Å². The van der Waals surface area contributed by atoms with Crippen molar-refractivity contribution in [1.29, 1.82) is 0 Å². The Balaban J connectivity index is 2.48. The minimum Gasteiger partial charge on any atom is -0.462 e. The molecule has 0 radical (unpaired) electrons. The smallest absolute Gasteiger partial charge is 0.320 e. The summed E-state index contributed by atoms with van der Waals surface area (Å²) in [7, 11) is 3.63. The summed E-state index contributed by atoms with van der Waals surface area (Å²) in [5.74, 6) is -0.320. The van der Waals surface area contributed by atoms with E-state index in [9.17, 15) is 9.90 Å². The maximum Gasteiger partial charge on any atom is 0.320 e. The zero-order valence-electron chi connectivity index (χ0n) is 21.1. The van der Waals surface area contributed by atoms with Crippen LogP contribution >= 0.6 is 0 Å². The number of carbonyl (C=O) groups excluding carboxylic acids is 1. The number of hydrogen-bond acceptors (Lipinski definition) is 7. The van der Waals surface area contributed by atoms with Gasteiger partial charge in [0.15, 0.2) is 6.29 Å². The van der Waals surface area contributed by atoms with Gasteiger partial charge in [0.1, 0.15) is 24.9 Å². The predicted octanol–water partition coefficient (Wildman–Crippen LogP) is 4.30. The molecule has 7 heteroatoms. The standard InChI is InChI=1S/C25H49NO6/c1-5-7-9-11-13-15-17-29-23-21(20-31-22(27)19-26(3)4)32-25(28)24(23)30-18-16-14-12-10-8-6-2/h21,23-25,28H,5-20H2,1-4H3/t21-,23+,24+,25-/m1/s1. The molecular weight excluding hydrogens is 410 g/mol. The highest BCUT2D eigenvalue weighted by atomic mass is 16.7. The van der Waals surface area contributed by atoms with E-state index in [1.165, 1.54) is 51.4 Å². The summed E-state index contributed by atoms with van der Waals surface area (Å²) in [5.41, 5.74) is 0. The van der Waals surface area contributed by atoms with Gasteiger partial charge in [-0.2, -0.15) is 0 Å². The third kappa shape index (κ3) is 13.1. The Morgan fingerprint density at radius 3 is 1.84 bits per heavy atom. The molecule has 1 rings (SSSR count). The van der Waals surface area contributed by atoms with Crippen molar-refractivity contribution < 1.29 is 28.8 Å². The maximum atomic E-state index is 11.9. The van der Waals surface area contributed by atoms with E-state index in [0.29, 0.717) is 13.2 Å². The maximum absolute atomic E-state index is 11.9. The van der Waals surface area contributed by atoms with Gasteiger partial charge >= 0.3 is 5.97 Å². The van der Waals surface area contributed by atoms with Crippen LogP contribution in [0.15, 0.2) is 0 Å². The van der Waals surface area contributed by atoms with Gasteiger partial charge in [-0.3, -0.25) is 9.69 Å². The second kappa shape index (κ2) is 18.7. The first-order chi connectivity index (χ1) is 15.5. The molecule has 0 aliphatic carbocycles. The highest BCUT2D eigenvalue weighted by Gasteiger charge is 2.46. The zero-order valence-corrected chi connectivity index (χ0v) is 21.1. The van der Waals surface area contributed by atoms with Gasteiger partial charge in [0.05, 0.1) is 6.54 Å². The molecule has 0 spiro atoms. The second-order valence-corrected chi connectivity index (χ2v) is 9.19. The van der Waals surface area contributed by atoms with E-state index >= 15 is 0 Å². The van der Waals surface area contributed by atoms with Crippen molar-refractivity contribution in [1.82, 2.24) is 4.90 Å². The minimum atomic E-state index is -1.07. The molecule has 0 aromatic rings. The van der Waals surface area contributed by atoms with Gasteiger partial charge < -0.3 is 24.1 Å². The molecule has 190 valence electrons. The van der Waals surface area contributed by atoms with Crippen molar-refractivity contribution in [2.45, 2.75) is 115 Å². The Morgan fingerprint density at radius 2 is 1.31 bits per heavy atom. The lowest BCUT2D eigenvalue weighted by molar-refractivity contribution is -0.161. The van der Waals surface area contributed by atoms with Crippen LogP contribution < -0.4 is 0 Å². The Labute approximate surface area is 196 Å². The quantitative estimate of drug-likeness (QED) is 0.215. The SMILES string of the molecule is CCCCCCCCO[C@@H]1[C@H](OCCCCCCCC)[C@H](O)O[C@@H]1COC(=O)CN(C)C. The molecular formula is C25H49NO6. The average Bonchev–Trinajstić information content (AvgIpc) is 3.05. The van der Waals surface area contributed by atoms with Crippen molar-refractivity contribution in [3.63, 3.8) is 0 Å². The minimum absolute atomic E-state index is 0.0573. The summed E-state index contributed by atoms with van der Waals surface area (Å²) in [6, 6.07) is 0. The fourth-order valence-corrected chi connectivity index (χ4v) is 3.90. The molecule has 1 heterocycles. The number of unbranched alkanes of at least 4 members (excludes halogenated alkanes) is 10. The molecule has 32 heavy (non-hydrogen) atoms. The molecule has 0 aromatic heterocycles. The van der Waals surface area contributed by atoms with Crippen molar-refractivity contribution in [3.05, 3.63) is 0 Å². The zero-order chi connectivity index (χ0) is 23.6. The number of likely N-dealkylation sites (N-methyl/N-ethyl adjacent to an activating group) is 1. The van der Waals surface area contributed by atoms with Crippen LogP contribution in [0.2, 0.25) is 0 Å². The highest BCUT2D eigenvalue weighted by molar-refractivity contribution is 5.71. The molecule has 1 saturated heterocycles. The summed E-state index contributed by atoms with van der Waals surface area (Å²) in [5, 5.41) is 10.4. The number of rotatable bonds is 20. The van der Waals surface area contributed by atoms with Crippen LogP contribution in [0.5, 0.6) is 0 Å². The Hall–Kier alpha value is -0.730. The summed E-state index contributed by atoms with van der Waals surface area (Å²) in [6.45, 7) is 5.85. The van der Waals surface area contributed by atoms with E-state index in [-0.39, 0.29) is 19.1 Å². The van der Waals surface area contributed by atoms with Crippen molar-refractivity contribution in [2.75, 3.05) is 40.5 Å². The van der Waals surface area contributed by atoms with Crippen LogP contribution in [0.25, 0.3) is 0 Å². The first-order valence-corrected chi connectivity index (χ1v) is 12.9. The van der Waals surface area contributed by atoms with E-state index in [1.54, 1.807) is 4.90 Å². The number of carbonyl (C=O) groups is 1. The number of ether oxygens (including phenoxy) is 4. The molecule has 0 aromatic carbocycles. The summed E-state index contributed by atoms with van der Waals surface area (Å²) < 4.78 is 23.2. The highest BCUT2D eigenvalue weighted by Crippen LogP contribution is 2.26. The molecule has 0 saturated carbocycles. The van der Waals surface area contributed by atoms with Gasteiger partial charge in [-0.1, -0.05) is 78.1 Å². The molecule has 7 nitrogen and oxygen atoms in total. The van der Waals surface area contributed by atoms with Crippen LogP contribution in [0.1, 0.15) is 90.9 Å². The molecule has 1 fully saturated rings. The van der Waals surface area contributed by atoms with Gasteiger partial charge in [0.25, 0.3) is 0 Å². The van der Waals surface area contributed by atoms with Crippen LogP contribution in [0.4, 0.5) is 0 Å². The molecule has 0 bridgehead atoms. The number of aliphatic hydroxyl groups excluding tert-OH is 1. The molecule has 1 aliphatic heterocycles. The molecule has 4 atom stereocenters. The first-order valence-electron chi connectivity index (χ1n) is 12.9. The van der Waals surface area contributed by atoms with Crippen LogP contribution in [-0.2, 0) is 23.7 Å². The number of esters is 1. The van der Waals surface area contributed by atoms with Crippen LogP contribution in [0.3, 0.4) is 0 Å². The van der Waals surface area contributed by atoms with Gasteiger partial charge in [0, 0.05) is 13.2 Å². The lowest BCUT2D eigenvalue weighted by Crippen LogP contribution is -2.40. The second-order valence-electron chi connectivity index (χ2n) is 9.19. The Morgan fingerprint density at radius 1 is 0.812 bits per heavy atom. The largest absolute Gasteiger partial charge is 0.462 e. The van der Waals surface area contributed by atoms with Crippen molar-refractivity contribution in [3.8, 4) is 0 Å².